The van der Waals surface area contributed by atoms with Crippen molar-refractivity contribution in [2.75, 3.05) is 0 Å². The Kier molecular flexibility index (Phi) is 6.21. The molecule has 5 heteroatoms. The highest BCUT2D eigenvalue weighted by atomic mass is 32.1. The van der Waals surface area contributed by atoms with Gasteiger partial charge >= 0.3 is 0 Å². The van der Waals surface area contributed by atoms with Gasteiger partial charge in [0.05, 0.1) is 0 Å². The van der Waals surface area contributed by atoms with Gasteiger partial charge in [-0.05, 0) is 86.7 Å². The number of allylic oxidation sites excluding steroid dienone is 2. The van der Waals surface area contributed by atoms with Crippen molar-refractivity contribution in [1.29, 1.82) is 0 Å². The minimum absolute atomic E-state index is 1.31. The topological polar surface area (TPSA) is 0 Å². The standard InChI is InChI=1S/C26H20S5/c1-3-5-17-7-9-19(27-17)21-11-13-23(29-21)25-15-16-26(31-25)24-14-12-22(30-24)20-10-8-18(28-20)6-4-2/h3-16H,1-2H3/b5-3+,6-4+. The summed E-state index contributed by atoms with van der Waals surface area (Å²) >= 11 is 9.36. The van der Waals surface area contributed by atoms with Gasteiger partial charge in [-0.3, -0.25) is 0 Å². The number of hydrogen-bond acceptors (Lipinski definition) is 5. The number of rotatable bonds is 6. The summed E-state index contributed by atoms with van der Waals surface area (Å²) in [5.74, 6) is 0. The third-order valence-electron chi connectivity index (χ3n) is 4.70. The van der Waals surface area contributed by atoms with Crippen molar-refractivity contribution in [2.45, 2.75) is 13.8 Å². The highest BCUT2D eigenvalue weighted by Crippen LogP contribution is 2.44. The monoisotopic (exact) mass is 492 g/mol. The quantitative estimate of drug-likeness (QED) is 0.221. The molecule has 0 aliphatic carbocycles. The van der Waals surface area contributed by atoms with Crippen molar-refractivity contribution in [3.63, 3.8) is 0 Å². The second-order valence-corrected chi connectivity index (χ2v) is 12.4. The third-order valence-corrected chi connectivity index (χ3v) is 10.8. The zero-order valence-electron chi connectivity index (χ0n) is 17.1. The average Bonchev–Trinajstić information content (AvgIpc) is 3.58. The van der Waals surface area contributed by atoms with Crippen LogP contribution in [-0.4, -0.2) is 0 Å². The van der Waals surface area contributed by atoms with Crippen molar-refractivity contribution in [3.05, 3.63) is 82.6 Å². The molecule has 0 amide bonds. The van der Waals surface area contributed by atoms with Crippen molar-refractivity contribution < 1.29 is 0 Å². The molecule has 5 aromatic rings. The van der Waals surface area contributed by atoms with Crippen molar-refractivity contribution >= 4 is 68.8 Å². The van der Waals surface area contributed by atoms with E-state index in [0.29, 0.717) is 0 Å². The lowest BCUT2D eigenvalue weighted by Crippen LogP contribution is -1.58. The Morgan fingerprint density at radius 3 is 0.935 bits per heavy atom. The Balaban J connectivity index is 1.37. The lowest BCUT2D eigenvalue weighted by molar-refractivity contribution is 1.78. The molecule has 0 radical (unpaired) electrons. The summed E-state index contributed by atoms with van der Waals surface area (Å²) in [5.41, 5.74) is 0. The van der Waals surface area contributed by atoms with Gasteiger partial charge in [-0.2, -0.15) is 0 Å². The van der Waals surface area contributed by atoms with Crippen LogP contribution in [-0.2, 0) is 0 Å². The summed E-state index contributed by atoms with van der Waals surface area (Å²) in [6, 6.07) is 22.4. The fourth-order valence-corrected chi connectivity index (χ4v) is 8.62. The van der Waals surface area contributed by atoms with Crippen LogP contribution in [0.15, 0.2) is 72.8 Å². The predicted octanol–water partition coefficient (Wildman–Crippen LogP) is 10.7. The van der Waals surface area contributed by atoms with Crippen LogP contribution in [0.25, 0.3) is 51.2 Å². The smallest absolute Gasteiger partial charge is 0.0449 e. The first kappa shape index (κ1) is 20.9. The summed E-state index contributed by atoms with van der Waals surface area (Å²) in [6.07, 6.45) is 8.53. The van der Waals surface area contributed by atoms with Crippen LogP contribution in [0.1, 0.15) is 23.6 Å². The van der Waals surface area contributed by atoms with Crippen LogP contribution in [0.3, 0.4) is 0 Å². The van der Waals surface area contributed by atoms with Crippen molar-refractivity contribution in [1.82, 2.24) is 0 Å². The molecule has 0 unspecified atom stereocenters. The van der Waals surface area contributed by atoms with E-state index in [2.05, 4.69) is 98.8 Å². The van der Waals surface area contributed by atoms with Crippen molar-refractivity contribution in [3.8, 4) is 39.0 Å². The summed E-state index contributed by atoms with van der Waals surface area (Å²) in [4.78, 5) is 13.4. The van der Waals surface area contributed by atoms with E-state index in [1.54, 1.807) is 0 Å². The van der Waals surface area contributed by atoms with Crippen LogP contribution in [0.4, 0.5) is 0 Å². The maximum absolute atomic E-state index is 2.27. The van der Waals surface area contributed by atoms with E-state index in [0.717, 1.165) is 0 Å². The molecule has 5 aromatic heterocycles. The largest absolute Gasteiger partial charge is 0.135 e. The zero-order chi connectivity index (χ0) is 21.2. The Hall–Kier alpha value is -2.02. The SMILES string of the molecule is C/C=C/c1ccc(-c2ccc(-c3ccc(-c4ccc(-c5ccc(/C=C/C)s5)s4)s3)s2)s1. The van der Waals surface area contributed by atoms with E-state index in [9.17, 15) is 0 Å². The minimum atomic E-state index is 1.31. The van der Waals surface area contributed by atoms with Gasteiger partial charge < -0.3 is 0 Å². The molecular weight excluding hydrogens is 473 g/mol. The average molecular weight is 493 g/mol. The molecule has 0 aliphatic heterocycles. The van der Waals surface area contributed by atoms with E-state index < -0.39 is 0 Å². The Morgan fingerprint density at radius 2 is 0.645 bits per heavy atom. The summed E-state index contributed by atoms with van der Waals surface area (Å²) in [5, 5.41) is 0. The first-order chi connectivity index (χ1) is 15.2. The summed E-state index contributed by atoms with van der Waals surface area (Å²) < 4.78 is 0. The first-order valence-corrected chi connectivity index (χ1v) is 14.1. The normalized spacial score (nSPS) is 11.9. The van der Waals surface area contributed by atoms with Gasteiger partial charge in [0.2, 0.25) is 0 Å². The Morgan fingerprint density at radius 1 is 0.387 bits per heavy atom. The molecule has 0 N–H and O–H groups in total. The molecule has 0 saturated carbocycles. The van der Waals surface area contributed by atoms with Gasteiger partial charge in [-0.15, -0.1) is 56.7 Å². The molecule has 0 nitrogen and oxygen atoms in total. The van der Waals surface area contributed by atoms with Gasteiger partial charge in [-0.25, -0.2) is 0 Å². The fraction of sp³-hybridized carbons (Fsp3) is 0.0769. The summed E-state index contributed by atoms with van der Waals surface area (Å²) in [6.45, 7) is 4.13. The van der Waals surface area contributed by atoms with Gasteiger partial charge in [-0.1, -0.05) is 12.2 Å². The molecule has 0 aliphatic rings. The van der Waals surface area contributed by atoms with Gasteiger partial charge in [0, 0.05) is 48.8 Å². The van der Waals surface area contributed by atoms with E-state index >= 15 is 0 Å². The van der Waals surface area contributed by atoms with E-state index in [1.807, 2.05) is 56.7 Å². The summed E-state index contributed by atoms with van der Waals surface area (Å²) in [7, 11) is 0. The van der Waals surface area contributed by atoms with Crippen molar-refractivity contribution in [2.24, 2.45) is 0 Å². The minimum Gasteiger partial charge on any atom is -0.135 e. The molecule has 0 saturated heterocycles. The van der Waals surface area contributed by atoms with Crippen LogP contribution < -0.4 is 0 Å². The molecule has 0 spiro atoms. The van der Waals surface area contributed by atoms with E-state index in [1.165, 1.54) is 48.8 Å². The van der Waals surface area contributed by atoms with Crippen LogP contribution >= 0.6 is 56.7 Å². The third kappa shape index (κ3) is 4.47. The Labute approximate surface area is 203 Å². The zero-order valence-corrected chi connectivity index (χ0v) is 21.2. The van der Waals surface area contributed by atoms with Crippen LogP contribution in [0.2, 0.25) is 0 Å². The molecule has 5 heterocycles. The molecule has 0 aromatic carbocycles. The second kappa shape index (κ2) is 9.23. The maximum Gasteiger partial charge on any atom is 0.0449 e. The molecule has 0 atom stereocenters. The fourth-order valence-electron chi connectivity index (χ4n) is 3.29. The molecule has 0 fully saturated rings. The van der Waals surface area contributed by atoms with Crippen LogP contribution in [0.5, 0.6) is 0 Å². The molecule has 31 heavy (non-hydrogen) atoms. The lowest BCUT2D eigenvalue weighted by Gasteiger charge is -1.92. The second-order valence-electron chi connectivity index (χ2n) is 6.90. The highest BCUT2D eigenvalue weighted by molar-refractivity contribution is 7.29. The van der Waals surface area contributed by atoms with Gasteiger partial charge in [0.1, 0.15) is 0 Å². The predicted molar refractivity (Wildman–Crippen MR) is 147 cm³/mol. The molecule has 0 bridgehead atoms. The number of hydrogen-bond donors (Lipinski definition) is 0. The maximum atomic E-state index is 2.27. The lowest BCUT2D eigenvalue weighted by atomic mass is 10.3. The van der Waals surface area contributed by atoms with E-state index in [-0.39, 0.29) is 0 Å². The molecule has 154 valence electrons. The highest BCUT2D eigenvalue weighted by Gasteiger charge is 2.12. The molecule has 5 rings (SSSR count). The Bertz CT molecular complexity index is 1260. The van der Waals surface area contributed by atoms with Gasteiger partial charge in [0.15, 0.2) is 0 Å². The number of thiophene rings is 5. The van der Waals surface area contributed by atoms with Gasteiger partial charge in [0.25, 0.3) is 0 Å². The first-order valence-electron chi connectivity index (χ1n) is 9.99. The molecular formula is C26H20S5. The van der Waals surface area contributed by atoms with Crippen LogP contribution in [0, 0.1) is 0 Å². The van der Waals surface area contributed by atoms with E-state index in [4.69, 9.17) is 0 Å².